The highest BCUT2D eigenvalue weighted by atomic mass is 32.1. The molecular weight excluding hydrogens is 370 g/mol. The molecule has 3 unspecified atom stereocenters. The van der Waals surface area contributed by atoms with Crippen molar-refractivity contribution < 1.29 is 34.2 Å². The molecule has 13 heteroatoms. The van der Waals surface area contributed by atoms with Gasteiger partial charge >= 0.3 is 5.97 Å². The first-order chi connectivity index (χ1) is 12.1. The Labute approximate surface area is 154 Å². The number of carboxylic acids is 1. The fourth-order valence-electron chi connectivity index (χ4n) is 1.62. The third-order valence-electron chi connectivity index (χ3n) is 3.09. The number of aliphatic hydroxyl groups is 1. The van der Waals surface area contributed by atoms with Crippen molar-refractivity contribution in [1.29, 1.82) is 0 Å². The molecule has 9 N–H and O–H groups in total. The van der Waals surface area contributed by atoms with Crippen LogP contribution in [0.5, 0.6) is 0 Å². The molecular formula is C13H23N5O7S. The van der Waals surface area contributed by atoms with Crippen molar-refractivity contribution in [2.24, 2.45) is 11.5 Å². The topological polar surface area (TPSA) is 214 Å². The van der Waals surface area contributed by atoms with Crippen LogP contribution in [-0.4, -0.2) is 76.8 Å². The Morgan fingerprint density at radius 2 is 1.65 bits per heavy atom. The predicted octanol–water partition coefficient (Wildman–Crippen LogP) is -4.33. The van der Waals surface area contributed by atoms with Crippen LogP contribution in [0.25, 0.3) is 0 Å². The van der Waals surface area contributed by atoms with E-state index in [0.717, 1.165) is 0 Å². The lowest BCUT2D eigenvalue weighted by atomic mass is 10.1. The Hall–Kier alpha value is -2.38. The normalized spacial score (nSPS) is 13.8. The van der Waals surface area contributed by atoms with Crippen LogP contribution in [0.4, 0.5) is 0 Å². The van der Waals surface area contributed by atoms with E-state index in [1.54, 1.807) is 0 Å². The molecule has 0 radical (unpaired) electrons. The summed E-state index contributed by atoms with van der Waals surface area (Å²) in [5, 5.41) is 24.0. The molecule has 12 nitrogen and oxygen atoms in total. The van der Waals surface area contributed by atoms with E-state index in [1.807, 2.05) is 5.32 Å². The lowest BCUT2D eigenvalue weighted by molar-refractivity contribution is -0.142. The highest BCUT2D eigenvalue weighted by molar-refractivity contribution is 7.80. The minimum atomic E-state index is -1.50. The largest absolute Gasteiger partial charge is 0.480 e. The average molecular weight is 393 g/mol. The highest BCUT2D eigenvalue weighted by Crippen LogP contribution is 1.96. The Bertz CT molecular complexity index is 545. The van der Waals surface area contributed by atoms with Gasteiger partial charge in [0.05, 0.1) is 19.2 Å². The maximum absolute atomic E-state index is 12.0. The van der Waals surface area contributed by atoms with Gasteiger partial charge in [-0.15, -0.1) is 0 Å². The van der Waals surface area contributed by atoms with Crippen molar-refractivity contribution in [3.63, 3.8) is 0 Å². The van der Waals surface area contributed by atoms with E-state index in [9.17, 15) is 24.0 Å². The molecule has 3 atom stereocenters. The van der Waals surface area contributed by atoms with Crippen LogP contribution in [0.15, 0.2) is 0 Å². The molecule has 4 amide bonds. The van der Waals surface area contributed by atoms with Gasteiger partial charge in [-0.1, -0.05) is 0 Å². The standard InChI is InChI=1S/C13H23N5O7S/c14-6(1-2-9(15)20)11(22)18-8(5-26)12(23)16-3-10(21)17-7(4-19)13(24)25/h6-8,19,26H,1-5,14H2,(H2,15,20)(H,16,23)(H,17,21)(H,18,22)(H,24,25). The fraction of sp³-hybridized carbons (Fsp3) is 0.615. The number of nitrogens with one attached hydrogen (secondary N) is 3. The summed E-state index contributed by atoms with van der Waals surface area (Å²) in [5.74, 6) is -4.45. The van der Waals surface area contributed by atoms with E-state index in [4.69, 9.17) is 21.7 Å². The molecule has 0 aromatic carbocycles. The van der Waals surface area contributed by atoms with Crippen LogP contribution >= 0.6 is 12.6 Å². The van der Waals surface area contributed by atoms with Gasteiger partial charge in [0.15, 0.2) is 0 Å². The first-order valence-electron chi connectivity index (χ1n) is 7.48. The number of carbonyl (C=O) groups is 5. The number of aliphatic hydroxyl groups excluding tert-OH is 1. The van der Waals surface area contributed by atoms with Gasteiger partial charge in [-0.05, 0) is 6.42 Å². The number of hydrogen-bond acceptors (Lipinski definition) is 8. The zero-order valence-corrected chi connectivity index (χ0v) is 14.7. The maximum Gasteiger partial charge on any atom is 0.328 e. The lowest BCUT2D eigenvalue weighted by Crippen LogP contribution is -2.54. The summed E-state index contributed by atoms with van der Waals surface area (Å²) in [6.45, 7) is -1.38. The molecule has 0 rings (SSSR count). The number of primary amides is 1. The first kappa shape index (κ1) is 23.6. The molecule has 148 valence electrons. The number of rotatable bonds is 12. The van der Waals surface area contributed by atoms with E-state index < -0.39 is 60.9 Å². The average Bonchev–Trinajstić information content (AvgIpc) is 2.59. The van der Waals surface area contributed by atoms with Gasteiger partial charge in [0.25, 0.3) is 0 Å². The van der Waals surface area contributed by atoms with Gasteiger partial charge in [-0.25, -0.2) is 4.79 Å². The SMILES string of the molecule is NC(=O)CCC(N)C(=O)NC(CS)C(=O)NCC(=O)NC(CO)C(=O)O. The van der Waals surface area contributed by atoms with Gasteiger partial charge in [-0.3, -0.25) is 19.2 Å². The highest BCUT2D eigenvalue weighted by Gasteiger charge is 2.24. The molecule has 0 aliphatic carbocycles. The number of amides is 4. The van der Waals surface area contributed by atoms with Gasteiger partial charge in [0, 0.05) is 12.2 Å². The molecule has 0 aliphatic rings. The third kappa shape index (κ3) is 9.19. The maximum atomic E-state index is 12.0. The second-order valence-corrected chi connectivity index (χ2v) is 5.58. The molecule has 0 aromatic rings. The second kappa shape index (κ2) is 12.1. The molecule has 0 spiro atoms. The van der Waals surface area contributed by atoms with Crippen molar-refractivity contribution in [2.45, 2.75) is 31.0 Å². The van der Waals surface area contributed by atoms with E-state index in [1.165, 1.54) is 0 Å². The number of thiol groups is 1. The number of aliphatic carboxylic acids is 1. The Morgan fingerprint density at radius 1 is 1.04 bits per heavy atom. The minimum absolute atomic E-state index is 0.00220. The molecule has 0 bridgehead atoms. The zero-order chi connectivity index (χ0) is 20.3. The van der Waals surface area contributed by atoms with Crippen LogP contribution in [-0.2, 0) is 24.0 Å². The zero-order valence-electron chi connectivity index (χ0n) is 13.8. The van der Waals surface area contributed by atoms with Crippen LogP contribution in [0.1, 0.15) is 12.8 Å². The van der Waals surface area contributed by atoms with E-state index in [-0.39, 0.29) is 18.6 Å². The monoisotopic (exact) mass is 393 g/mol. The summed E-state index contributed by atoms with van der Waals surface area (Å²) in [7, 11) is 0. The first-order valence-corrected chi connectivity index (χ1v) is 8.11. The summed E-state index contributed by atoms with van der Waals surface area (Å²) in [6.07, 6.45) is -0.0929. The number of carbonyl (C=O) groups excluding carboxylic acids is 4. The Kier molecular flexibility index (Phi) is 10.9. The van der Waals surface area contributed by atoms with Gasteiger partial charge in [0.1, 0.15) is 12.1 Å². The second-order valence-electron chi connectivity index (χ2n) is 5.21. The Morgan fingerprint density at radius 3 is 2.12 bits per heavy atom. The number of hydrogen-bond donors (Lipinski definition) is 8. The van der Waals surface area contributed by atoms with Crippen LogP contribution in [0.3, 0.4) is 0 Å². The lowest BCUT2D eigenvalue weighted by Gasteiger charge is -2.19. The van der Waals surface area contributed by atoms with Crippen molar-refractivity contribution >= 4 is 42.2 Å². The molecule has 0 saturated heterocycles. The van der Waals surface area contributed by atoms with E-state index in [2.05, 4.69) is 23.3 Å². The summed E-state index contributed by atoms with van der Waals surface area (Å²) < 4.78 is 0. The summed E-state index contributed by atoms with van der Waals surface area (Å²) >= 11 is 3.92. The minimum Gasteiger partial charge on any atom is -0.480 e. The van der Waals surface area contributed by atoms with Crippen molar-refractivity contribution in [1.82, 2.24) is 16.0 Å². The van der Waals surface area contributed by atoms with Crippen molar-refractivity contribution in [3.05, 3.63) is 0 Å². The smallest absolute Gasteiger partial charge is 0.328 e. The summed E-state index contributed by atoms with van der Waals surface area (Å²) in [5.41, 5.74) is 10.5. The molecule has 0 saturated carbocycles. The van der Waals surface area contributed by atoms with Crippen LogP contribution in [0, 0.1) is 0 Å². The van der Waals surface area contributed by atoms with Gasteiger partial charge in [-0.2, -0.15) is 12.6 Å². The Balaban J connectivity index is 4.47. The van der Waals surface area contributed by atoms with Crippen molar-refractivity contribution in [2.75, 3.05) is 18.9 Å². The molecule has 0 aliphatic heterocycles. The number of nitrogens with two attached hydrogens (primary N) is 2. The van der Waals surface area contributed by atoms with Crippen molar-refractivity contribution in [3.8, 4) is 0 Å². The number of carboxylic acid groups (broad SMARTS) is 1. The predicted molar refractivity (Wildman–Crippen MR) is 91.8 cm³/mol. The summed E-state index contributed by atoms with van der Waals surface area (Å²) in [6, 6.07) is -3.66. The molecule has 26 heavy (non-hydrogen) atoms. The molecule has 0 fully saturated rings. The van der Waals surface area contributed by atoms with Crippen LogP contribution in [0.2, 0.25) is 0 Å². The van der Waals surface area contributed by atoms with Gasteiger partial charge in [0.2, 0.25) is 23.6 Å². The van der Waals surface area contributed by atoms with Crippen LogP contribution < -0.4 is 27.4 Å². The van der Waals surface area contributed by atoms with E-state index >= 15 is 0 Å². The fourth-order valence-corrected chi connectivity index (χ4v) is 1.88. The molecule has 0 aromatic heterocycles. The molecule has 0 heterocycles. The summed E-state index contributed by atoms with van der Waals surface area (Å²) in [4.78, 5) is 56.7. The third-order valence-corrected chi connectivity index (χ3v) is 3.46. The van der Waals surface area contributed by atoms with E-state index in [0.29, 0.717) is 0 Å². The van der Waals surface area contributed by atoms with Gasteiger partial charge < -0.3 is 37.6 Å². The quantitative estimate of drug-likeness (QED) is 0.151.